The van der Waals surface area contributed by atoms with E-state index in [-0.39, 0.29) is 0 Å². The SMILES string of the molecule is C/C=C(/CC1=CCc2ccccc21)SC. The summed E-state index contributed by atoms with van der Waals surface area (Å²) in [7, 11) is 0. The molecular formula is C14H16S. The summed E-state index contributed by atoms with van der Waals surface area (Å²) in [5.74, 6) is 0. The first-order valence-electron chi connectivity index (χ1n) is 5.31. The molecule has 1 heteroatoms. The Bertz CT molecular complexity index is 413. The molecule has 0 N–H and O–H groups in total. The minimum absolute atomic E-state index is 1.09. The highest BCUT2D eigenvalue weighted by molar-refractivity contribution is 8.02. The van der Waals surface area contributed by atoms with Crippen LogP contribution in [-0.2, 0) is 6.42 Å². The van der Waals surface area contributed by atoms with E-state index in [2.05, 4.69) is 49.6 Å². The average molecular weight is 216 g/mol. The predicted molar refractivity (Wildman–Crippen MR) is 70.0 cm³/mol. The summed E-state index contributed by atoms with van der Waals surface area (Å²) in [5, 5.41) is 0. The predicted octanol–water partition coefficient (Wildman–Crippen LogP) is 4.28. The Balaban J connectivity index is 2.20. The monoisotopic (exact) mass is 216 g/mol. The zero-order valence-electron chi connectivity index (χ0n) is 9.29. The van der Waals surface area contributed by atoms with Crippen LogP contribution in [0.3, 0.4) is 0 Å². The molecule has 0 radical (unpaired) electrons. The lowest BCUT2D eigenvalue weighted by Crippen LogP contribution is -1.85. The zero-order valence-corrected chi connectivity index (χ0v) is 10.1. The first kappa shape index (κ1) is 10.6. The number of allylic oxidation sites excluding steroid dienone is 4. The fourth-order valence-corrected chi connectivity index (χ4v) is 2.54. The molecule has 0 aliphatic heterocycles. The van der Waals surface area contributed by atoms with Crippen LogP contribution < -0.4 is 0 Å². The Morgan fingerprint density at radius 2 is 2.20 bits per heavy atom. The molecule has 78 valence electrons. The summed E-state index contributed by atoms with van der Waals surface area (Å²) in [4.78, 5) is 1.46. The van der Waals surface area contributed by atoms with Gasteiger partial charge in [0.1, 0.15) is 0 Å². The van der Waals surface area contributed by atoms with E-state index in [0.717, 1.165) is 12.8 Å². The number of rotatable bonds is 3. The minimum Gasteiger partial charge on any atom is -0.134 e. The third-order valence-electron chi connectivity index (χ3n) is 2.88. The van der Waals surface area contributed by atoms with Crippen molar-refractivity contribution in [2.24, 2.45) is 0 Å². The molecule has 0 bridgehead atoms. The highest BCUT2D eigenvalue weighted by atomic mass is 32.2. The molecule has 0 saturated heterocycles. The first-order valence-corrected chi connectivity index (χ1v) is 6.54. The van der Waals surface area contributed by atoms with E-state index in [9.17, 15) is 0 Å². The number of hydrogen-bond donors (Lipinski definition) is 0. The van der Waals surface area contributed by atoms with Gasteiger partial charge in [0, 0.05) is 6.42 Å². The van der Waals surface area contributed by atoms with Gasteiger partial charge >= 0.3 is 0 Å². The van der Waals surface area contributed by atoms with Gasteiger partial charge in [-0.25, -0.2) is 0 Å². The van der Waals surface area contributed by atoms with E-state index in [4.69, 9.17) is 0 Å². The van der Waals surface area contributed by atoms with Crippen molar-refractivity contribution in [2.75, 3.05) is 6.26 Å². The standard InChI is InChI=1S/C14H16S/c1-3-13(15-2)10-12-9-8-11-6-4-5-7-14(11)12/h3-7,9H,8,10H2,1-2H3/b13-3-. The molecule has 0 atom stereocenters. The van der Waals surface area contributed by atoms with Gasteiger partial charge in [-0.2, -0.15) is 0 Å². The Kier molecular flexibility index (Phi) is 3.32. The Hall–Kier alpha value is -0.950. The van der Waals surface area contributed by atoms with E-state index in [1.165, 1.54) is 21.6 Å². The second-order valence-electron chi connectivity index (χ2n) is 3.73. The van der Waals surface area contributed by atoms with Gasteiger partial charge < -0.3 is 0 Å². The third-order valence-corrected chi connectivity index (χ3v) is 3.78. The van der Waals surface area contributed by atoms with Crippen LogP contribution in [0.15, 0.2) is 41.3 Å². The maximum Gasteiger partial charge on any atom is 0.00339 e. The van der Waals surface area contributed by atoms with Gasteiger partial charge in [-0.3, -0.25) is 0 Å². The molecule has 1 aromatic carbocycles. The lowest BCUT2D eigenvalue weighted by atomic mass is 10.0. The van der Waals surface area contributed by atoms with Gasteiger partial charge in [-0.1, -0.05) is 36.4 Å². The number of thioether (sulfide) groups is 1. The van der Waals surface area contributed by atoms with Crippen LogP contribution in [0.1, 0.15) is 24.5 Å². The van der Waals surface area contributed by atoms with Crippen molar-refractivity contribution in [3.8, 4) is 0 Å². The van der Waals surface area contributed by atoms with E-state index >= 15 is 0 Å². The van der Waals surface area contributed by atoms with Gasteiger partial charge in [-0.15, -0.1) is 11.8 Å². The quantitative estimate of drug-likeness (QED) is 0.726. The Labute approximate surface area is 96.1 Å². The van der Waals surface area contributed by atoms with Crippen molar-refractivity contribution in [1.29, 1.82) is 0 Å². The lowest BCUT2D eigenvalue weighted by Gasteiger charge is -2.07. The zero-order chi connectivity index (χ0) is 10.7. The fraction of sp³-hybridized carbons (Fsp3) is 0.286. The van der Waals surface area contributed by atoms with Crippen molar-refractivity contribution in [1.82, 2.24) is 0 Å². The van der Waals surface area contributed by atoms with Crippen LogP contribution in [0.5, 0.6) is 0 Å². The average Bonchev–Trinajstić information content (AvgIpc) is 2.69. The molecule has 1 aliphatic rings. The molecule has 2 rings (SSSR count). The summed E-state index contributed by atoms with van der Waals surface area (Å²) in [6, 6.07) is 8.72. The number of fused-ring (bicyclic) bond motifs is 1. The van der Waals surface area contributed by atoms with Crippen LogP contribution in [0.4, 0.5) is 0 Å². The first-order chi connectivity index (χ1) is 7.35. The van der Waals surface area contributed by atoms with Gasteiger partial charge in [0.2, 0.25) is 0 Å². The van der Waals surface area contributed by atoms with Crippen molar-refractivity contribution >= 4 is 17.3 Å². The molecule has 0 fully saturated rings. The topological polar surface area (TPSA) is 0 Å². The van der Waals surface area contributed by atoms with E-state index in [1.54, 1.807) is 0 Å². The third kappa shape index (κ3) is 2.18. The molecule has 0 spiro atoms. The van der Waals surface area contributed by atoms with Gasteiger partial charge in [0.15, 0.2) is 0 Å². The van der Waals surface area contributed by atoms with Crippen LogP contribution in [0.25, 0.3) is 5.57 Å². The van der Waals surface area contributed by atoms with Crippen molar-refractivity contribution in [3.05, 3.63) is 52.4 Å². The van der Waals surface area contributed by atoms with Gasteiger partial charge in [0.25, 0.3) is 0 Å². The highest BCUT2D eigenvalue weighted by Gasteiger charge is 2.13. The molecule has 0 nitrogen and oxygen atoms in total. The van der Waals surface area contributed by atoms with E-state index < -0.39 is 0 Å². The normalized spacial score (nSPS) is 15.1. The Morgan fingerprint density at radius 1 is 1.40 bits per heavy atom. The number of hydrogen-bond acceptors (Lipinski definition) is 1. The van der Waals surface area contributed by atoms with Crippen LogP contribution in [0.2, 0.25) is 0 Å². The molecule has 15 heavy (non-hydrogen) atoms. The second kappa shape index (κ2) is 4.71. The lowest BCUT2D eigenvalue weighted by molar-refractivity contribution is 1.31. The highest BCUT2D eigenvalue weighted by Crippen LogP contribution is 2.34. The van der Waals surface area contributed by atoms with Crippen molar-refractivity contribution in [2.45, 2.75) is 19.8 Å². The molecule has 0 aromatic heterocycles. The molecule has 1 aromatic rings. The van der Waals surface area contributed by atoms with Crippen LogP contribution in [0, 0.1) is 0 Å². The minimum atomic E-state index is 1.09. The van der Waals surface area contributed by atoms with Crippen LogP contribution in [-0.4, -0.2) is 6.26 Å². The van der Waals surface area contributed by atoms with Gasteiger partial charge in [0.05, 0.1) is 0 Å². The van der Waals surface area contributed by atoms with Crippen LogP contribution >= 0.6 is 11.8 Å². The summed E-state index contributed by atoms with van der Waals surface area (Å²) in [5.41, 5.74) is 4.42. The maximum atomic E-state index is 2.37. The molecule has 0 unspecified atom stereocenters. The Morgan fingerprint density at radius 3 is 2.93 bits per heavy atom. The molecule has 0 amide bonds. The molecule has 0 heterocycles. The fourth-order valence-electron chi connectivity index (χ4n) is 2.00. The second-order valence-corrected chi connectivity index (χ2v) is 4.66. The summed E-state index contributed by atoms with van der Waals surface area (Å²) in [6.45, 7) is 2.12. The van der Waals surface area contributed by atoms with E-state index in [1.807, 2.05) is 11.8 Å². The largest absolute Gasteiger partial charge is 0.134 e. The molecular weight excluding hydrogens is 200 g/mol. The summed E-state index contributed by atoms with van der Waals surface area (Å²) >= 11 is 1.85. The van der Waals surface area contributed by atoms with E-state index in [0.29, 0.717) is 0 Å². The smallest absolute Gasteiger partial charge is 0.00339 e. The van der Waals surface area contributed by atoms with Crippen molar-refractivity contribution < 1.29 is 0 Å². The summed E-state index contributed by atoms with van der Waals surface area (Å²) < 4.78 is 0. The molecule has 1 aliphatic carbocycles. The summed E-state index contributed by atoms with van der Waals surface area (Å²) in [6.07, 6.45) is 8.93. The number of benzene rings is 1. The molecule has 0 saturated carbocycles. The maximum absolute atomic E-state index is 2.37. The van der Waals surface area contributed by atoms with Gasteiger partial charge in [-0.05, 0) is 41.2 Å². The van der Waals surface area contributed by atoms with Crippen molar-refractivity contribution in [3.63, 3.8) is 0 Å².